The molecule has 0 aromatic rings. The van der Waals surface area contributed by atoms with Crippen LogP contribution in [0.5, 0.6) is 0 Å². The number of carboxylic acid groups (broad SMARTS) is 1. The molecule has 0 aliphatic heterocycles. The van der Waals surface area contributed by atoms with E-state index in [-0.39, 0.29) is 25.1 Å². The molecule has 0 amide bonds. The van der Waals surface area contributed by atoms with Gasteiger partial charge in [-0.1, -0.05) is 278 Å². The van der Waals surface area contributed by atoms with E-state index >= 15 is 0 Å². The van der Waals surface area contributed by atoms with Gasteiger partial charge >= 0.3 is 19.5 Å². The minimum Gasteiger partial charge on any atom is -0.480 e. The number of nitrogens with zero attached hydrogens (tertiary/aromatic N) is 1. The van der Waals surface area contributed by atoms with Crippen molar-refractivity contribution < 1.29 is 33.0 Å². The maximum atomic E-state index is 14.2. The molecular weight excluding hydrogens is 878 g/mol. The Bertz CT molecular complexity index is 1200. The second-order valence-corrected chi connectivity index (χ2v) is 25.4. The third-order valence-corrected chi connectivity index (χ3v) is 17.4. The van der Waals surface area contributed by atoms with E-state index in [2.05, 4.69) is 0 Å². The molecule has 0 saturated carbocycles. The highest BCUT2D eigenvalue weighted by atomic mass is 31.2. The molecule has 0 aliphatic carbocycles. The van der Waals surface area contributed by atoms with Gasteiger partial charge in [-0.05, 0) is 52.9 Å². The Morgan fingerprint density at radius 2 is 0.681 bits per heavy atom. The monoisotopic (exact) mass is 998 g/mol. The molecule has 3 atom stereocenters. The van der Waals surface area contributed by atoms with Gasteiger partial charge in [-0.3, -0.25) is 19.1 Å². The van der Waals surface area contributed by atoms with Gasteiger partial charge in [0.2, 0.25) is 0 Å². The fraction of sp³-hybridized carbons (Fsp3) is 0.967. The van der Waals surface area contributed by atoms with Crippen molar-refractivity contribution in [2.24, 2.45) is 11.3 Å². The molecule has 3 unspecified atom stereocenters. The van der Waals surface area contributed by atoms with Crippen LogP contribution in [0.15, 0.2) is 0 Å². The summed E-state index contributed by atoms with van der Waals surface area (Å²) in [5.74, 6) is -1.56. The van der Waals surface area contributed by atoms with E-state index in [1.807, 2.05) is 67.2 Å². The van der Waals surface area contributed by atoms with Crippen LogP contribution < -0.4 is 0 Å². The number of methoxy groups -OCH3 is 1. The molecule has 0 rings (SSSR count). The number of hydrogen-bond donors (Lipinski definition) is 1. The maximum Gasteiger partial charge on any atom is 0.348 e. The quantitative estimate of drug-likeness (QED) is 0.0365. The molecule has 1 N–H and O–H groups in total. The summed E-state index contributed by atoms with van der Waals surface area (Å²) in [6.07, 6.45) is 54.7. The van der Waals surface area contributed by atoms with Gasteiger partial charge in [-0.25, -0.2) is 0 Å². The highest BCUT2D eigenvalue weighted by molar-refractivity contribution is 7.54. The van der Waals surface area contributed by atoms with Crippen molar-refractivity contribution in [1.29, 1.82) is 0 Å². The van der Waals surface area contributed by atoms with Crippen LogP contribution >= 0.6 is 7.60 Å². The third-order valence-electron chi connectivity index (χ3n) is 14.6. The average Bonchev–Trinajstić information content (AvgIpc) is 3.29. The zero-order chi connectivity index (χ0) is 51.5. The lowest BCUT2D eigenvalue weighted by molar-refractivity contribution is -0.148. The molecular formula is C60H120NO7P. The van der Waals surface area contributed by atoms with E-state index in [0.717, 1.165) is 32.1 Å². The van der Waals surface area contributed by atoms with Gasteiger partial charge in [0, 0.05) is 5.54 Å². The first-order chi connectivity index (χ1) is 33.1. The molecule has 0 saturated heterocycles. The summed E-state index contributed by atoms with van der Waals surface area (Å²) in [6, 6.07) is -0.767. The SMILES string of the molecule is CCOP(=O)(OCC)C(N(C(CCCCCCCCCCCCCCCCCCCCCCCCCCCCCCCCCCCCCCCCCC(C)C(=O)OC)C(=O)O)C(C)(C)C)C(C)(C)C. The van der Waals surface area contributed by atoms with Crippen LogP contribution in [-0.4, -0.2) is 59.6 Å². The van der Waals surface area contributed by atoms with E-state index < -0.39 is 36.3 Å². The van der Waals surface area contributed by atoms with E-state index in [4.69, 9.17) is 13.8 Å². The molecule has 0 radical (unpaired) electrons. The summed E-state index contributed by atoms with van der Waals surface area (Å²) < 4.78 is 30.7. The Morgan fingerprint density at radius 1 is 0.449 bits per heavy atom. The minimum atomic E-state index is -3.63. The molecule has 0 aliphatic rings. The molecule has 0 fully saturated rings. The fourth-order valence-corrected chi connectivity index (χ4v) is 13.5. The molecule has 9 heteroatoms. The number of aliphatic carboxylic acids is 1. The van der Waals surface area contributed by atoms with Crippen LogP contribution in [0.2, 0.25) is 0 Å². The molecule has 412 valence electrons. The summed E-state index contributed by atoms with van der Waals surface area (Å²) in [5, 5.41) is 10.5. The Morgan fingerprint density at radius 3 is 0.870 bits per heavy atom. The van der Waals surface area contributed by atoms with E-state index in [1.165, 1.54) is 232 Å². The summed E-state index contributed by atoms with van der Waals surface area (Å²) in [5.41, 5.74) is -1.08. The van der Waals surface area contributed by atoms with Crippen molar-refractivity contribution in [3.05, 3.63) is 0 Å². The van der Waals surface area contributed by atoms with E-state index in [9.17, 15) is 19.3 Å². The summed E-state index contributed by atoms with van der Waals surface area (Å²) in [7, 11) is -2.14. The molecule has 0 aromatic carbocycles. The normalized spacial score (nSPS) is 13.8. The maximum absolute atomic E-state index is 14.2. The third kappa shape index (κ3) is 37.4. The molecule has 0 heterocycles. The van der Waals surface area contributed by atoms with Gasteiger partial charge in [-0.15, -0.1) is 0 Å². The zero-order valence-corrected chi connectivity index (χ0v) is 48.8. The zero-order valence-electron chi connectivity index (χ0n) is 47.9. The van der Waals surface area contributed by atoms with Gasteiger partial charge in [0.25, 0.3) is 0 Å². The van der Waals surface area contributed by atoms with Crippen LogP contribution in [0.3, 0.4) is 0 Å². The lowest BCUT2D eigenvalue weighted by atomic mass is 9.89. The highest BCUT2D eigenvalue weighted by Gasteiger charge is 2.53. The fourth-order valence-electron chi connectivity index (χ4n) is 10.6. The number of carbonyl (C=O) groups excluding carboxylic acids is 1. The lowest BCUT2D eigenvalue weighted by Gasteiger charge is -2.51. The van der Waals surface area contributed by atoms with Crippen molar-refractivity contribution in [2.45, 2.75) is 343 Å². The van der Waals surface area contributed by atoms with Crippen molar-refractivity contribution in [1.82, 2.24) is 4.90 Å². The van der Waals surface area contributed by atoms with Crippen molar-refractivity contribution >= 4 is 19.5 Å². The second-order valence-electron chi connectivity index (χ2n) is 23.3. The first-order valence-corrected chi connectivity index (χ1v) is 31.7. The van der Waals surface area contributed by atoms with Crippen molar-refractivity contribution in [2.75, 3.05) is 20.3 Å². The Labute approximate surface area is 430 Å². The topological polar surface area (TPSA) is 102 Å². The van der Waals surface area contributed by atoms with Crippen LogP contribution in [0.4, 0.5) is 0 Å². The number of esters is 1. The van der Waals surface area contributed by atoms with Crippen LogP contribution in [-0.2, 0) is 27.9 Å². The molecule has 0 spiro atoms. The Hall–Kier alpha value is -0.950. The largest absolute Gasteiger partial charge is 0.480 e. The minimum absolute atomic E-state index is 0.0554. The predicted molar refractivity (Wildman–Crippen MR) is 298 cm³/mol. The first-order valence-electron chi connectivity index (χ1n) is 30.0. The smallest absolute Gasteiger partial charge is 0.348 e. The van der Waals surface area contributed by atoms with Gasteiger partial charge in [0.15, 0.2) is 0 Å². The number of carboxylic acids is 1. The summed E-state index contributed by atoms with van der Waals surface area (Å²) in [6.45, 7) is 18.1. The van der Waals surface area contributed by atoms with E-state index in [1.54, 1.807) is 0 Å². The molecule has 69 heavy (non-hydrogen) atoms. The summed E-state index contributed by atoms with van der Waals surface area (Å²) >= 11 is 0. The van der Waals surface area contributed by atoms with Gasteiger partial charge in [-0.2, -0.15) is 0 Å². The van der Waals surface area contributed by atoms with Crippen LogP contribution in [0.25, 0.3) is 0 Å². The Balaban J connectivity index is 3.64. The number of carbonyl (C=O) groups is 2. The van der Waals surface area contributed by atoms with E-state index in [0.29, 0.717) is 6.42 Å². The number of ether oxygens (including phenoxy) is 1. The number of rotatable bonds is 51. The molecule has 0 bridgehead atoms. The van der Waals surface area contributed by atoms with Crippen molar-refractivity contribution in [3.8, 4) is 0 Å². The lowest BCUT2D eigenvalue weighted by Crippen LogP contribution is -2.60. The number of unbranched alkanes of at least 4 members (excludes halogenated alkanes) is 38. The van der Waals surface area contributed by atoms with Crippen molar-refractivity contribution in [3.63, 3.8) is 0 Å². The first kappa shape index (κ1) is 68.0. The van der Waals surface area contributed by atoms with Crippen LogP contribution in [0, 0.1) is 11.3 Å². The number of hydrogen-bond acceptors (Lipinski definition) is 7. The molecule has 8 nitrogen and oxygen atoms in total. The average molecular weight is 999 g/mol. The summed E-state index contributed by atoms with van der Waals surface area (Å²) in [4.78, 5) is 26.2. The molecule has 0 aromatic heterocycles. The second kappa shape index (κ2) is 44.5. The van der Waals surface area contributed by atoms with Gasteiger partial charge in [0.05, 0.1) is 26.2 Å². The standard InChI is InChI=1S/C60H120NO7P/c1-11-67-69(65,68-12-2)58(59(4,5)6)61(60(7,8)9)55(56(62)63)53-51-49-47-45-43-41-39-37-35-33-31-29-27-25-23-21-19-17-15-13-14-16-18-20-22-24-26-28-30-32-34-36-38-40-42-44-46-48-50-52-54(3)57(64)66-10/h54-55,58H,11-53H2,1-10H3,(H,62,63). The van der Waals surface area contributed by atoms with Crippen LogP contribution in [0.1, 0.15) is 326 Å². The van der Waals surface area contributed by atoms with Gasteiger partial charge < -0.3 is 18.9 Å². The van der Waals surface area contributed by atoms with Gasteiger partial charge in [0.1, 0.15) is 11.8 Å². The highest BCUT2D eigenvalue weighted by Crippen LogP contribution is 2.61. The Kier molecular flexibility index (Phi) is 43.9. The predicted octanol–water partition coefficient (Wildman–Crippen LogP) is 20.0.